The van der Waals surface area contributed by atoms with E-state index >= 15 is 0 Å². The van der Waals surface area contributed by atoms with Crippen LogP contribution in [0.2, 0.25) is 0 Å². The summed E-state index contributed by atoms with van der Waals surface area (Å²) in [6, 6.07) is 11.4. The molecule has 29 heavy (non-hydrogen) atoms. The molecule has 2 heterocycles. The summed E-state index contributed by atoms with van der Waals surface area (Å²) in [6.07, 6.45) is 1.36. The Morgan fingerprint density at radius 2 is 1.83 bits per heavy atom. The van der Waals surface area contributed by atoms with Gasteiger partial charge in [0, 0.05) is 29.7 Å². The summed E-state index contributed by atoms with van der Waals surface area (Å²) in [5.74, 6) is -0.314. The summed E-state index contributed by atoms with van der Waals surface area (Å²) < 4.78 is 32.9. The zero-order valence-electron chi connectivity index (χ0n) is 16.1. The smallest absolute Gasteiger partial charge is 0.255 e. The highest BCUT2D eigenvalue weighted by Gasteiger charge is 2.32. The minimum absolute atomic E-state index is 0.161. The molecule has 0 spiro atoms. The van der Waals surface area contributed by atoms with E-state index in [0.29, 0.717) is 24.3 Å². The third-order valence-corrected chi connectivity index (χ3v) is 6.68. The summed E-state index contributed by atoms with van der Waals surface area (Å²) in [7, 11) is -3.64. The second-order valence-electron chi connectivity index (χ2n) is 7.23. The maximum Gasteiger partial charge on any atom is 0.255 e. The first kappa shape index (κ1) is 19.6. The number of aromatic amines is 1. The van der Waals surface area contributed by atoms with Crippen LogP contribution in [0.1, 0.15) is 24.2 Å². The number of benzene rings is 2. The van der Waals surface area contributed by atoms with Crippen molar-refractivity contribution < 1.29 is 17.9 Å². The first-order chi connectivity index (χ1) is 13.8. The lowest BCUT2D eigenvalue weighted by atomic mass is 10.2. The van der Waals surface area contributed by atoms with Gasteiger partial charge >= 0.3 is 0 Å². The lowest BCUT2D eigenvalue weighted by molar-refractivity contribution is -0.0440. The fourth-order valence-electron chi connectivity index (χ4n) is 3.48. The molecule has 9 heteroatoms. The summed E-state index contributed by atoms with van der Waals surface area (Å²) in [5, 5.41) is 10.5. The summed E-state index contributed by atoms with van der Waals surface area (Å²) in [6.45, 7) is 4.33. The van der Waals surface area contributed by atoms with Crippen LogP contribution < -0.4 is 5.32 Å². The molecule has 8 nitrogen and oxygen atoms in total. The molecule has 2 N–H and O–H groups in total. The maximum atomic E-state index is 12.9. The van der Waals surface area contributed by atoms with Gasteiger partial charge in [-0.3, -0.25) is 9.89 Å². The molecule has 3 aromatic rings. The molecule has 0 saturated carbocycles. The van der Waals surface area contributed by atoms with Crippen molar-refractivity contribution in [2.45, 2.75) is 31.0 Å². The monoisotopic (exact) mass is 414 g/mol. The number of H-pyrrole nitrogens is 1. The number of ether oxygens (including phenoxy) is 1. The van der Waals surface area contributed by atoms with Gasteiger partial charge in [0.05, 0.1) is 28.8 Å². The number of anilines is 1. The van der Waals surface area contributed by atoms with Gasteiger partial charge in [-0.25, -0.2) is 8.42 Å². The summed E-state index contributed by atoms with van der Waals surface area (Å²) in [4.78, 5) is 12.7. The Morgan fingerprint density at radius 1 is 1.14 bits per heavy atom. The predicted octanol–water partition coefficient (Wildman–Crippen LogP) is 2.61. The van der Waals surface area contributed by atoms with Crippen LogP contribution in [0.4, 0.5) is 5.69 Å². The molecule has 2 unspecified atom stereocenters. The topological polar surface area (TPSA) is 104 Å². The summed E-state index contributed by atoms with van der Waals surface area (Å²) >= 11 is 0. The quantitative estimate of drug-likeness (QED) is 0.683. The number of hydrogen-bond donors (Lipinski definition) is 2. The van der Waals surface area contributed by atoms with E-state index in [1.807, 2.05) is 26.0 Å². The van der Waals surface area contributed by atoms with Crippen molar-refractivity contribution in [1.29, 1.82) is 0 Å². The number of rotatable bonds is 4. The van der Waals surface area contributed by atoms with Crippen LogP contribution in [0.3, 0.4) is 0 Å². The number of nitrogens with zero attached hydrogens (tertiary/aromatic N) is 2. The highest BCUT2D eigenvalue weighted by Crippen LogP contribution is 2.22. The van der Waals surface area contributed by atoms with Crippen molar-refractivity contribution in [3.8, 4) is 0 Å². The Labute approximate surface area is 168 Å². The molecule has 0 aliphatic carbocycles. The number of sulfonamides is 1. The minimum atomic E-state index is -3.64. The first-order valence-corrected chi connectivity index (χ1v) is 10.8. The highest BCUT2D eigenvalue weighted by molar-refractivity contribution is 7.89. The van der Waals surface area contributed by atoms with Crippen LogP contribution in [-0.2, 0) is 14.8 Å². The number of amides is 1. The number of fused-ring (bicyclic) bond motifs is 1. The molecule has 0 radical (unpaired) electrons. The minimum Gasteiger partial charge on any atom is -0.373 e. The molecule has 152 valence electrons. The Morgan fingerprint density at radius 3 is 2.52 bits per heavy atom. The van der Waals surface area contributed by atoms with E-state index < -0.39 is 10.0 Å². The van der Waals surface area contributed by atoms with E-state index in [-0.39, 0.29) is 23.0 Å². The van der Waals surface area contributed by atoms with E-state index in [9.17, 15) is 13.2 Å². The van der Waals surface area contributed by atoms with E-state index in [0.717, 1.165) is 10.9 Å². The molecule has 4 rings (SSSR count). The molecule has 1 saturated heterocycles. The molecular weight excluding hydrogens is 392 g/mol. The van der Waals surface area contributed by atoms with Gasteiger partial charge in [0.2, 0.25) is 10.0 Å². The van der Waals surface area contributed by atoms with Gasteiger partial charge in [-0.15, -0.1) is 0 Å². The SMILES string of the molecule is CC1CN(S(=O)(=O)c2ccc(C(=O)Nc3ccc4[nH]ncc4c3)cc2)CC(C)O1. The van der Waals surface area contributed by atoms with Crippen LogP contribution in [0.25, 0.3) is 10.9 Å². The second kappa shape index (κ2) is 7.58. The van der Waals surface area contributed by atoms with Crippen molar-refractivity contribution >= 4 is 32.5 Å². The van der Waals surface area contributed by atoms with Crippen molar-refractivity contribution in [3.05, 3.63) is 54.2 Å². The maximum absolute atomic E-state index is 12.9. The van der Waals surface area contributed by atoms with E-state index in [4.69, 9.17) is 4.74 Å². The number of carbonyl (C=O) groups excluding carboxylic acids is 1. The van der Waals surface area contributed by atoms with Gasteiger partial charge in [0.1, 0.15) is 0 Å². The van der Waals surface area contributed by atoms with Gasteiger partial charge in [0.15, 0.2) is 0 Å². The molecule has 1 aliphatic rings. The van der Waals surface area contributed by atoms with Crippen LogP contribution in [0.15, 0.2) is 53.6 Å². The van der Waals surface area contributed by atoms with Gasteiger partial charge in [-0.05, 0) is 56.3 Å². The molecule has 2 aromatic carbocycles. The van der Waals surface area contributed by atoms with E-state index in [2.05, 4.69) is 15.5 Å². The second-order valence-corrected chi connectivity index (χ2v) is 9.17. The molecule has 0 bridgehead atoms. The van der Waals surface area contributed by atoms with Crippen molar-refractivity contribution in [2.75, 3.05) is 18.4 Å². The zero-order valence-corrected chi connectivity index (χ0v) is 16.9. The molecule has 1 aliphatic heterocycles. The standard InChI is InChI=1S/C20H22N4O4S/c1-13-11-24(12-14(2)28-13)29(26,27)18-6-3-15(4-7-18)20(25)22-17-5-8-19-16(9-17)10-21-23-19/h3-10,13-14H,11-12H2,1-2H3,(H,21,23)(H,22,25). The molecular formula is C20H22N4O4S. The van der Waals surface area contributed by atoms with E-state index in [1.54, 1.807) is 12.3 Å². The largest absolute Gasteiger partial charge is 0.373 e. The van der Waals surface area contributed by atoms with Crippen LogP contribution in [-0.4, -0.2) is 54.1 Å². The normalized spacial score (nSPS) is 20.6. The Kier molecular flexibility index (Phi) is 5.12. The van der Waals surface area contributed by atoms with Gasteiger partial charge in [-0.2, -0.15) is 9.40 Å². The third-order valence-electron chi connectivity index (χ3n) is 4.84. The lowest BCUT2D eigenvalue weighted by Gasteiger charge is -2.34. The molecule has 1 aromatic heterocycles. The fraction of sp³-hybridized carbons (Fsp3) is 0.300. The Hall–Kier alpha value is -2.75. The van der Waals surface area contributed by atoms with Crippen molar-refractivity contribution in [3.63, 3.8) is 0 Å². The number of carbonyl (C=O) groups is 1. The van der Waals surface area contributed by atoms with Crippen molar-refractivity contribution in [1.82, 2.24) is 14.5 Å². The summed E-state index contributed by atoms with van der Waals surface area (Å²) in [5.41, 5.74) is 1.89. The number of nitrogens with one attached hydrogen (secondary N) is 2. The molecule has 1 amide bonds. The fourth-order valence-corrected chi connectivity index (χ4v) is 5.07. The Balaban J connectivity index is 1.50. The average Bonchev–Trinajstić information content (AvgIpc) is 3.15. The number of morpholine rings is 1. The van der Waals surface area contributed by atoms with Gasteiger partial charge < -0.3 is 10.1 Å². The highest BCUT2D eigenvalue weighted by atomic mass is 32.2. The molecule has 1 fully saturated rings. The van der Waals surface area contributed by atoms with Crippen LogP contribution in [0.5, 0.6) is 0 Å². The van der Waals surface area contributed by atoms with Crippen molar-refractivity contribution in [2.24, 2.45) is 0 Å². The molecule has 2 atom stereocenters. The number of hydrogen-bond acceptors (Lipinski definition) is 5. The average molecular weight is 414 g/mol. The Bertz CT molecular complexity index is 1130. The number of aromatic nitrogens is 2. The van der Waals surface area contributed by atoms with Gasteiger partial charge in [0.25, 0.3) is 5.91 Å². The third kappa shape index (κ3) is 4.02. The first-order valence-electron chi connectivity index (χ1n) is 9.33. The van der Waals surface area contributed by atoms with E-state index in [1.165, 1.54) is 28.6 Å². The van der Waals surface area contributed by atoms with Gasteiger partial charge in [-0.1, -0.05) is 0 Å². The zero-order chi connectivity index (χ0) is 20.6. The van der Waals surface area contributed by atoms with Crippen LogP contribution in [0, 0.1) is 0 Å². The lowest BCUT2D eigenvalue weighted by Crippen LogP contribution is -2.48. The predicted molar refractivity (Wildman–Crippen MR) is 109 cm³/mol. The van der Waals surface area contributed by atoms with Crippen LogP contribution >= 0.6 is 0 Å².